The highest BCUT2D eigenvalue weighted by Crippen LogP contribution is 2.33. The lowest BCUT2D eigenvalue weighted by Gasteiger charge is -2.11. The van der Waals surface area contributed by atoms with Gasteiger partial charge in [0.2, 0.25) is 5.88 Å². The number of hydrogen-bond donors (Lipinski definition) is 1. The van der Waals surface area contributed by atoms with Gasteiger partial charge in [0.1, 0.15) is 5.75 Å². The van der Waals surface area contributed by atoms with E-state index in [1.54, 1.807) is 29.7 Å². The Labute approximate surface area is 194 Å². The predicted molar refractivity (Wildman–Crippen MR) is 130 cm³/mol. The molecule has 0 saturated carbocycles. The maximum atomic E-state index is 11.7. The number of pyridine rings is 1. The van der Waals surface area contributed by atoms with Crippen LogP contribution in [0.4, 0.5) is 10.8 Å². The molecule has 0 unspecified atom stereocenters. The van der Waals surface area contributed by atoms with Crippen molar-refractivity contribution in [2.24, 2.45) is 0 Å². The van der Waals surface area contributed by atoms with Crippen LogP contribution >= 0.6 is 11.3 Å². The molecule has 0 amide bonds. The molecule has 2 aromatic heterocycles. The first-order chi connectivity index (χ1) is 16.2. The second kappa shape index (κ2) is 9.10. The van der Waals surface area contributed by atoms with E-state index < -0.39 is 0 Å². The topological polar surface area (TPSA) is 73.3 Å². The number of thiazole rings is 1. The molecule has 162 valence electrons. The summed E-state index contributed by atoms with van der Waals surface area (Å²) < 4.78 is 12.0. The Morgan fingerprint density at radius 1 is 0.909 bits per heavy atom. The first-order valence-electron chi connectivity index (χ1n) is 10.2. The number of benzene rings is 3. The van der Waals surface area contributed by atoms with Crippen molar-refractivity contribution >= 4 is 38.3 Å². The first kappa shape index (κ1) is 20.7. The van der Waals surface area contributed by atoms with Crippen LogP contribution in [-0.4, -0.2) is 23.0 Å². The van der Waals surface area contributed by atoms with Gasteiger partial charge in [-0.1, -0.05) is 35.6 Å². The lowest BCUT2D eigenvalue weighted by atomic mass is 10.1. The molecule has 0 aliphatic rings. The molecule has 2 heterocycles. The van der Waals surface area contributed by atoms with Gasteiger partial charge in [0, 0.05) is 17.4 Å². The number of rotatable bonds is 6. The van der Waals surface area contributed by atoms with Gasteiger partial charge < -0.3 is 14.8 Å². The van der Waals surface area contributed by atoms with Crippen molar-refractivity contribution in [2.45, 2.75) is 0 Å². The maximum Gasteiger partial charge on any atom is 0.337 e. The summed E-state index contributed by atoms with van der Waals surface area (Å²) in [5.74, 6) is 0.773. The Kier molecular flexibility index (Phi) is 5.70. The van der Waals surface area contributed by atoms with Crippen LogP contribution < -0.4 is 10.1 Å². The van der Waals surface area contributed by atoms with Gasteiger partial charge in [-0.3, -0.25) is 0 Å². The zero-order valence-electron chi connectivity index (χ0n) is 17.7. The Hall–Kier alpha value is -4.23. The van der Waals surface area contributed by atoms with Crippen molar-refractivity contribution in [1.29, 1.82) is 0 Å². The van der Waals surface area contributed by atoms with E-state index in [2.05, 4.69) is 21.4 Å². The van der Waals surface area contributed by atoms with E-state index in [1.165, 1.54) is 7.11 Å². The number of nitrogens with one attached hydrogen (secondary N) is 1. The van der Waals surface area contributed by atoms with Gasteiger partial charge in [-0.25, -0.2) is 14.8 Å². The number of hydrogen-bond acceptors (Lipinski definition) is 7. The third-order valence-corrected chi connectivity index (χ3v) is 5.95. The van der Waals surface area contributed by atoms with Crippen LogP contribution in [0.2, 0.25) is 0 Å². The van der Waals surface area contributed by atoms with Crippen molar-refractivity contribution in [3.05, 3.63) is 96.7 Å². The normalized spacial score (nSPS) is 10.7. The molecule has 0 fully saturated rings. The number of anilines is 2. The Morgan fingerprint density at radius 3 is 2.45 bits per heavy atom. The number of carbonyl (C=O) groups is 1. The summed E-state index contributed by atoms with van der Waals surface area (Å²) in [7, 11) is 1.36. The molecule has 0 aliphatic carbocycles. The van der Waals surface area contributed by atoms with Crippen molar-refractivity contribution in [2.75, 3.05) is 12.4 Å². The summed E-state index contributed by atoms with van der Waals surface area (Å²) in [6, 6.07) is 26.6. The first-order valence-corrected chi connectivity index (χ1v) is 11.1. The molecule has 5 rings (SSSR count). The van der Waals surface area contributed by atoms with E-state index in [-0.39, 0.29) is 5.97 Å². The number of esters is 1. The van der Waals surface area contributed by atoms with Crippen LogP contribution in [0.25, 0.3) is 21.3 Å². The minimum atomic E-state index is -0.372. The highest BCUT2D eigenvalue weighted by Gasteiger charge is 2.11. The van der Waals surface area contributed by atoms with Crippen LogP contribution in [0.15, 0.2) is 91.1 Å². The Balaban J connectivity index is 1.33. The van der Waals surface area contributed by atoms with E-state index in [4.69, 9.17) is 9.47 Å². The molecule has 0 spiro atoms. The minimum absolute atomic E-state index is 0.372. The molecule has 3 aromatic carbocycles. The fraction of sp³-hybridized carbons (Fsp3) is 0.0385. The predicted octanol–water partition coefficient (Wildman–Crippen LogP) is 6.68. The third-order valence-electron chi connectivity index (χ3n) is 5.00. The fourth-order valence-electron chi connectivity index (χ4n) is 3.36. The number of methoxy groups -OCH3 is 1. The number of ether oxygens (including phenoxy) is 2. The summed E-state index contributed by atoms with van der Waals surface area (Å²) in [6.45, 7) is 0. The fourth-order valence-corrected chi connectivity index (χ4v) is 4.25. The molecular formula is C26H19N3O3S. The Bertz CT molecular complexity index is 1380. The monoisotopic (exact) mass is 453 g/mol. The Morgan fingerprint density at radius 2 is 1.70 bits per heavy atom. The van der Waals surface area contributed by atoms with Gasteiger partial charge in [-0.15, -0.1) is 0 Å². The maximum absolute atomic E-state index is 11.7. The number of para-hydroxylation sites is 1. The van der Waals surface area contributed by atoms with Gasteiger partial charge in [0.15, 0.2) is 5.13 Å². The van der Waals surface area contributed by atoms with E-state index in [0.717, 1.165) is 32.2 Å². The summed E-state index contributed by atoms with van der Waals surface area (Å²) in [4.78, 5) is 20.7. The third kappa shape index (κ3) is 4.53. The summed E-state index contributed by atoms with van der Waals surface area (Å²) in [5.41, 5.74) is 4.10. The van der Waals surface area contributed by atoms with E-state index >= 15 is 0 Å². The zero-order valence-corrected chi connectivity index (χ0v) is 18.5. The van der Waals surface area contributed by atoms with E-state index in [1.807, 2.05) is 66.7 Å². The molecule has 0 atom stereocenters. The summed E-state index contributed by atoms with van der Waals surface area (Å²) in [5, 5.41) is 4.18. The van der Waals surface area contributed by atoms with Crippen LogP contribution in [0.5, 0.6) is 11.6 Å². The molecule has 0 bridgehead atoms. The lowest BCUT2D eigenvalue weighted by Crippen LogP contribution is -2.00. The SMILES string of the molecule is COC(=O)c1ccc(-c2cccnc2Oc2ccc(Nc3nc4ccccc4s3)cc2)cc1. The van der Waals surface area contributed by atoms with E-state index in [0.29, 0.717) is 17.2 Å². The van der Waals surface area contributed by atoms with Crippen LogP contribution in [0.3, 0.4) is 0 Å². The molecule has 0 saturated heterocycles. The summed E-state index contributed by atoms with van der Waals surface area (Å²) >= 11 is 1.61. The second-order valence-electron chi connectivity index (χ2n) is 7.16. The van der Waals surface area contributed by atoms with E-state index in [9.17, 15) is 4.79 Å². The molecule has 6 nitrogen and oxygen atoms in total. The van der Waals surface area contributed by atoms with Crippen molar-refractivity contribution in [3.63, 3.8) is 0 Å². The smallest absolute Gasteiger partial charge is 0.337 e. The highest BCUT2D eigenvalue weighted by molar-refractivity contribution is 7.22. The average molecular weight is 454 g/mol. The number of carbonyl (C=O) groups excluding carboxylic acids is 1. The van der Waals surface area contributed by atoms with Gasteiger partial charge in [0.05, 0.1) is 22.9 Å². The quantitative estimate of drug-likeness (QED) is 0.289. The largest absolute Gasteiger partial charge is 0.465 e. The number of aromatic nitrogens is 2. The van der Waals surface area contributed by atoms with Crippen LogP contribution in [0, 0.1) is 0 Å². The lowest BCUT2D eigenvalue weighted by molar-refractivity contribution is 0.0601. The molecule has 0 radical (unpaired) electrons. The molecule has 1 N–H and O–H groups in total. The minimum Gasteiger partial charge on any atom is -0.465 e. The van der Waals surface area contributed by atoms with Gasteiger partial charge in [-0.2, -0.15) is 0 Å². The van der Waals surface area contributed by atoms with Gasteiger partial charge in [-0.05, 0) is 66.2 Å². The standard InChI is InChI=1S/C26H19N3O3S/c1-31-25(30)18-10-8-17(9-11-18)21-5-4-16-27-24(21)32-20-14-12-19(13-15-20)28-26-29-22-6-2-3-7-23(22)33-26/h2-16H,1H3,(H,28,29). The van der Waals surface area contributed by atoms with Crippen molar-refractivity contribution in [3.8, 4) is 22.8 Å². The molecule has 7 heteroatoms. The molecule has 5 aromatic rings. The van der Waals surface area contributed by atoms with Crippen LogP contribution in [-0.2, 0) is 4.74 Å². The average Bonchev–Trinajstić information content (AvgIpc) is 3.27. The van der Waals surface area contributed by atoms with Gasteiger partial charge in [0.25, 0.3) is 0 Å². The molecule has 0 aliphatic heterocycles. The van der Waals surface area contributed by atoms with Crippen molar-refractivity contribution in [1.82, 2.24) is 9.97 Å². The van der Waals surface area contributed by atoms with Crippen LogP contribution in [0.1, 0.15) is 10.4 Å². The number of nitrogens with zero attached hydrogens (tertiary/aromatic N) is 2. The molecule has 33 heavy (non-hydrogen) atoms. The summed E-state index contributed by atoms with van der Waals surface area (Å²) in [6.07, 6.45) is 1.69. The number of fused-ring (bicyclic) bond motifs is 1. The van der Waals surface area contributed by atoms with Gasteiger partial charge >= 0.3 is 5.97 Å². The zero-order chi connectivity index (χ0) is 22.6. The second-order valence-corrected chi connectivity index (χ2v) is 8.19. The van der Waals surface area contributed by atoms with Crippen molar-refractivity contribution < 1.29 is 14.3 Å². The highest BCUT2D eigenvalue weighted by atomic mass is 32.1. The molecular weight excluding hydrogens is 434 g/mol.